The smallest absolute Gasteiger partial charge is 0.251 e. The average Bonchev–Trinajstić information content (AvgIpc) is 3.21. The predicted octanol–water partition coefficient (Wildman–Crippen LogP) is 4.42. The van der Waals surface area contributed by atoms with Gasteiger partial charge in [-0.1, -0.05) is 30.3 Å². The number of nitrogens with one attached hydrogen (secondary N) is 2. The third-order valence-corrected chi connectivity index (χ3v) is 4.00. The summed E-state index contributed by atoms with van der Waals surface area (Å²) in [5.41, 5.74) is 2.18. The molecule has 0 saturated heterocycles. The highest BCUT2D eigenvalue weighted by Crippen LogP contribution is 2.14. The zero-order valence-corrected chi connectivity index (χ0v) is 14.9. The Hall–Kier alpha value is -3.60. The fourth-order valence-corrected chi connectivity index (χ4v) is 2.54. The fourth-order valence-electron chi connectivity index (χ4n) is 2.54. The van der Waals surface area contributed by atoms with E-state index in [9.17, 15) is 9.59 Å². The van der Waals surface area contributed by atoms with Crippen LogP contribution >= 0.6 is 0 Å². The van der Waals surface area contributed by atoms with Crippen LogP contribution in [0, 0.1) is 0 Å². The minimum Gasteiger partial charge on any atom is -0.465 e. The van der Waals surface area contributed by atoms with Gasteiger partial charge >= 0.3 is 0 Å². The summed E-state index contributed by atoms with van der Waals surface area (Å²) in [5, 5.41) is 5.70. The molecule has 2 aromatic carbocycles. The van der Waals surface area contributed by atoms with E-state index in [-0.39, 0.29) is 17.9 Å². The van der Waals surface area contributed by atoms with Crippen molar-refractivity contribution in [1.82, 2.24) is 5.32 Å². The first-order valence-electron chi connectivity index (χ1n) is 8.60. The lowest BCUT2D eigenvalue weighted by Crippen LogP contribution is -2.26. The topological polar surface area (TPSA) is 71.3 Å². The first-order valence-corrected chi connectivity index (χ1v) is 8.60. The lowest BCUT2D eigenvalue weighted by molar-refractivity contribution is -0.111. The minimum absolute atomic E-state index is 0.0928. The van der Waals surface area contributed by atoms with Crippen molar-refractivity contribution in [2.45, 2.75) is 13.0 Å². The van der Waals surface area contributed by atoms with Gasteiger partial charge in [-0.05, 0) is 55.0 Å². The van der Waals surface area contributed by atoms with Crippen LogP contribution in [0.3, 0.4) is 0 Å². The lowest BCUT2D eigenvalue weighted by Gasteiger charge is -2.14. The van der Waals surface area contributed by atoms with E-state index in [4.69, 9.17) is 4.42 Å². The maximum absolute atomic E-state index is 12.4. The van der Waals surface area contributed by atoms with Gasteiger partial charge < -0.3 is 15.1 Å². The molecule has 1 heterocycles. The van der Waals surface area contributed by atoms with Crippen molar-refractivity contribution in [3.63, 3.8) is 0 Å². The van der Waals surface area contributed by atoms with Gasteiger partial charge in [-0.2, -0.15) is 0 Å². The third-order valence-electron chi connectivity index (χ3n) is 4.00. The zero-order valence-electron chi connectivity index (χ0n) is 14.9. The Balaban J connectivity index is 1.56. The Morgan fingerprint density at radius 2 is 1.70 bits per heavy atom. The highest BCUT2D eigenvalue weighted by Gasteiger charge is 2.11. The highest BCUT2D eigenvalue weighted by atomic mass is 16.3. The zero-order chi connectivity index (χ0) is 19.1. The van der Waals surface area contributed by atoms with Crippen molar-refractivity contribution >= 4 is 23.6 Å². The van der Waals surface area contributed by atoms with Crippen LogP contribution in [0.1, 0.15) is 34.6 Å². The molecule has 2 N–H and O–H groups in total. The summed E-state index contributed by atoms with van der Waals surface area (Å²) in [6, 6.07) is 19.9. The molecule has 1 unspecified atom stereocenters. The number of anilines is 1. The van der Waals surface area contributed by atoms with Crippen LogP contribution < -0.4 is 10.6 Å². The Kier molecular flexibility index (Phi) is 5.84. The number of hydrogen-bond acceptors (Lipinski definition) is 3. The maximum atomic E-state index is 12.4. The van der Waals surface area contributed by atoms with Crippen LogP contribution in [0.25, 0.3) is 6.08 Å². The largest absolute Gasteiger partial charge is 0.465 e. The second-order valence-electron chi connectivity index (χ2n) is 6.02. The summed E-state index contributed by atoms with van der Waals surface area (Å²) in [6.07, 6.45) is 4.52. The number of rotatable bonds is 6. The fraction of sp³-hybridized carbons (Fsp3) is 0.0909. The molecular weight excluding hydrogens is 340 g/mol. The summed E-state index contributed by atoms with van der Waals surface area (Å²) < 4.78 is 5.13. The van der Waals surface area contributed by atoms with Crippen LogP contribution in [-0.2, 0) is 4.79 Å². The molecule has 1 atom stereocenters. The maximum Gasteiger partial charge on any atom is 0.251 e. The SMILES string of the molecule is CC(NC(=O)c1ccc(NC(=O)C=Cc2ccco2)cc1)c1ccccc1. The summed E-state index contributed by atoms with van der Waals surface area (Å²) in [7, 11) is 0. The summed E-state index contributed by atoms with van der Waals surface area (Å²) in [5.74, 6) is 0.160. The molecule has 0 spiro atoms. The van der Waals surface area contributed by atoms with Gasteiger partial charge in [0, 0.05) is 17.3 Å². The van der Waals surface area contributed by atoms with Gasteiger partial charge in [-0.25, -0.2) is 0 Å². The van der Waals surface area contributed by atoms with Crippen LogP contribution in [0.4, 0.5) is 5.69 Å². The van der Waals surface area contributed by atoms with E-state index < -0.39 is 0 Å². The van der Waals surface area contributed by atoms with Crippen molar-refractivity contribution in [3.05, 3.63) is 96.0 Å². The monoisotopic (exact) mass is 360 g/mol. The normalized spacial score (nSPS) is 11.9. The predicted molar refractivity (Wildman–Crippen MR) is 105 cm³/mol. The average molecular weight is 360 g/mol. The van der Waals surface area contributed by atoms with Crippen molar-refractivity contribution < 1.29 is 14.0 Å². The van der Waals surface area contributed by atoms with Gasteiger partial charge in [0.25, 0.3) is 5.91 Å². The molecule has 5 nitrogen and oxygen atoms in total. The molecule has 3 aromatic rings. The van der Waals surface area contributed by atoms with Gasteiger partial charge in [-0.15, -0.1) is 0 Å². The van der Waals surface area contributed by atoms with Crippen molar-refractivity contribution in [1.29, 1.82) is 0 Å². The molecule has 0 saturated carbocycles. The van der Waals surface area contributed by atoms with E-state index in [2.05, 4.69) is 10.6 Å². The molecule has 0 aliphatic rings. The second kappa shape index (κ2) is 8.67. The number of furan rings is 1. The third kappa shape index (κ3) is 5.19. The minimum atomic E-state index is -0.277. The van der Waals surface area contributed by atoms with E-state index in [1.165, 1.54) is 6.08 Å². The van der Waals surface area contributed by atoms with E-state index in [0.717, 1.165) is 5.56 Å². The van der Waals surface area contributed by atoms with Crippen molar-refractivity contribution in [2.24, 2.45) is 0 Å². The van der Waals surface area contributed by atoms with E-state index in [0.29, 0.717) is 17.0 Å². The quantitative estimate of drug-likeness (QED) is 0.639. The molecular formula is C22H20N2O3. The molecule has 1 aromatic heterocycles. The van der Waals surface area contributed by atoms with Gasteiger partial charge in [0.2, 0.25) is 5.91 Å². The first-order chi connectivity index (χ1) is 13.1. The first kappa shape index (κ1) is 18.2. The molecule has 0 radical (unpaired) electrons. The summed E-state index contributed by atoms with van der Waals surface area (Å²) in [4.78, 5) is 24.3. The number of benzene rings is 2. The van der Waals surface area contributed by atoms with Crippen LogP contribution in [0.5, 0.6) is 0 Å². The standard InChI is InChI=1S/C22H20N2O3/c1-16(17-6-3-2-4-7-17)23-22(26)18-9-11-19(12-10-18)24-21(25)14-13-20-8-5-15-27-20/h2-16H,1H3,(H,23,26)(H,24,25). The highest BCUT2D eigenvalue weighted by molar-refractivity contribution is 6.02. The second-order valence-corrected chi connectivity index (χ2v) is 6.02. The lowest BCUT2D eigenvalue weighted by atomic mass is 10.1. The number of hydrogen-bond donors (Lipinski definition) is 2. The molecule has 27 heavy (non-hydrogen) atoms. The van der Waals surface area contributed by atoms with Crippen LogP contribution in [-0.4, -0.2) is 11.8 Å². The Morgan fingerprint density at radius 3 is 2.37 bits per heavy atom. The molecule has 0 aliphatic heterocycles. The van der Waals surface area contributed by atoms with Crippen molar-refractivity contribution in [3.8, 4) is 0 Å². The summed E-state index contributed by atoms with van der Waals surface area (Å²) >= 11 is 0. The van der Waals surface area contributed by atoms with E-state index >= 15 is 0 Å². The van der Waals surface area contributed by atoms with Crippen molar-refractivity contribution in [2.75, 3.05) is 5.32 Å². The molecule has 2 amide bonds. The van der Waals surface area contributed by atoms with E-state index in [1.54, 1.807) is 48.7 Å². The summed E-state index contributed by atoms with van der Waals surface area (Å²) in [6.45, 7) is 1.94. The molecule has 0 bridgehead atoms. The van der Waals surface area contributed by atoms with Crippen LogP contribution in [0.15, 0.2) is 83.5 Å². The molecule has 0 fully saturated rings. The Morgan fingerprint density at radius 1 is 0.963 bits per heavy atom. The Bertz CT molecular complexity index is 914. The molecule has 0 aliphatic carbocycles. The Labute approximate surface area is 157 Å². The van der Waals surface area contributed by atoms with Gasteiger partial charge in [-0.3, -0.25) is 9.59 Å². The van der Waals surface area contributed by atoms with Crippen LogP contribution in [0.2, 0.25) is 0 Å². The number of amides is 2. The van der Waals surface area contributed by atoms with Gasteiger partial charge in [0.15, 0.2) is 0 Å². The number of carbonyl (C=O) groups is 2. The number of carbonyl (C=O) groups excluding carboxylic acids is 2. The van der Waals surface area contributed by atoms with Gasteiger partial charge in [0.1, 0.15) is 5.76 Å². The molecule has 5 heteroatoms. The van der Waals surface area contributed by atoms with E-state index in [1.807, 2.05) is 37.3 Å². The molecule has 136 valence electrons. The molecule has 3 rings (SSSR count). The van der Waals surface area contributed by atoms with Gasteiger partial charge in [0.05, 0.1) is 12.3 Å².